The van der Waals surface area contributed by atoms with Crippen LogP contribution in [0.1, 0.15) is 62.9 Å². The molecule has 1 atom stereocenters. The van der Waals surface area contributed by atoms with E-state index in [1.165, 1.54) is 4.90 Å². The van der Waals surface area contributed by atoms with Crippen LogP contribution in [0, 0.1) is 6.92 Å². The van der Waals surface area contributed by atoms with Crippen molar-refractivity contribution in [2.45, 2.75) is 59.1 Å². The molecule has 1 N–H and O–H groups in total. The number of methoxy groups -OCH3 is 1. The van der Waals surface area contributed by atoms with Crippen LogP contribution < -0.4 is 14.4 Å². The number of aliphatic hydroxyl groups is 1. The van der Waals surface area contributed by atoms with E-state index in [0.717, 1.165) is 16.7 Å². The molecule has 0 spiro atoms. The van der Waals surface area contributed by atoms with E-state index in [2.05, 4.69) is 20.8 Å². The van der Waals surface area contributed by atoms with E-state index >= 15 is 0 Å². The molecule has 3 aromatic carbocycles. The summed E-state index contributed by atoms with van der Waals surface area (Å²) in [5.74, 6) is -0.417. The van der Waals surface area contributed by atoms with Crippen LogP contribution in [0.25, 0.3) is 5.76 Å². The summed E-state index contributed by atoms with van der Waals surface area (Å²) in [5.41, 5.74) is 3.58. The number of hydrogen-bond acceptors (Lipinski definition) is 5. The molecule has 3 aromatic rings. The van der Waals surface area contributed by atoms with Gasteiger partial charge in [-0.25, -0.2) is 0 Å². The average molecular weight is 514 g/mol. The number of aryl methyl sites for hydroxylation is 1. The maximum absolute atomic E-state index is 13.5. The molecule has 0 bridgehead atoms. The molecule has 1 aliphatic rings. The minimum atomic E-state index is -0.817. The van der Waals surface area contributed by atoms with Gasteiger partial charge in [-0.1, -0.05) is 51.1 Å². The number of ketones is 1. The van der Waals surface area contributed by atoms with Gasteiger partial charge in [0.15, 0.2) is 0 Å². The highest BCUT2D eigenvalue weighted by Gasteiger charge is 2.47. The fourth-order valence-corrected chi connectivity index (χ4v) is 4.68. The maximum Gasteiger partial charge on any atom is 0.300 e. The smallest absolute Gasteiger partial charge is 0.300 e. The lowest BCUT2D eigenvalue weighted by Crippen LogP contribution is -2.29. The molecule has 0 saturated carbocycles. The van der Waals surface area contributed by atoms with Crippen LogP contribution in [0.15, 0.2) is 72.3 Å². The second-order valence-corrected chi connectivity index (χ2v) is 10.9. The number of carbonyl (C=O) groups is 2. The predicted octanol–water partition coefficient (Wildman–Crippen LogP) is 6.71. The third-order valence-corrected chi connectivity index (χ3v) is 6.68. The predicted molar refractivity (Wildman–Crippen MR) is 150 cm³/mol. The van der Waals surface area contributed by atoms with E-state index in [4.69, 9.17) is 9.47 Å². The molecular formula is C32H35NO5. The zero-order chi connectivity index (χ0) is 27.8. The quantitative estimate of drug-likeness (QED) is 0.225. The fourth-order valence-electron chi connectivity index (χ4n) is 4.68. The highest BCUT2D eigenvalue weighted by molar-refractivity contribution is 6.51. The van der Waals surface area contributed by atoms with Crippen molar-refractivity contribution in [3.05, 3.63) is 94.6 Å². The van der Waals surface area contributed by atoms with Gasteiger partial charge in [0.05, 0.1) is 24.8 Å². The van der Waals surface area contributed by atoms with Gasteiger partial charge in [0.25, 0.3) is 11.7 Å². The maximum atomic E-state index is 13.5. The van der Waals surface area contributed by atoms with Gasteiger partial charge < -0.3 is 14.6 Å². The normalized spacial score (nSPS) is 17.3. The number of amides is 1. The van der Waals surface area contributed by atoms with Crippen molar-refractivity contribution < 1.29 is 24.2 Å². The summed E-state index contributed by atoms with van der Waals surface area (Å²) < 4.78 is 11.2. The number of aliphatic hydroxyl groups excluding tert-OH is 1. The fraction of sp³-hybridized carbons (Fsp3) is 0.312. The van der Waals surface area contributed by atoms with E-state index in [1.807, 2.05) is 45.0 Å². The number of carbonyl (C=O) groups excluding carboxylic acids is 2. The number of ether oxygens (including phenoxy) is 2. The molecule has 6 heteroatoms. The third kappa shape index (κ3) is 5.17. The van der Waals surface area contributed by atoms with Gasteiger partial charge in [-0.05, 0) is 73.2 Å². The first-order chi connectivity index (χ1) is 17.9. The minimum Gasteiger partial charge on any atom is -0.507 e. The average Bonchev–Trinajstić information content (AvgIpc) is 3.14. The van der Waals surface area contributed by atoms with Crippen LogP contribution in [0.5, 0.6) is 11.5 Å². The van der Waals surface area contributed by atoms with Gasteiger partial charge in [-0.3, -0.25) is 14.5 Å². The molecular weight excluding hydrogens is 478 g/mol. The minimum absolute atomic E-state index is 0.00240. The largest absolute Gasteiger partial charge is 0.507 e. The lowest BCUT2D eigenvalue weighted by molar-refractivity contribution is -0.132. The highest BCUT2D eigenvalue weighted by Crippen LogP contribution is 2.43. The summed E-state index contributed by atoms with van der Waals surface area (Å²) in [6, 6.07) is 19.3. The van der Waals surface area contributed by atoms with Gasteiger partial charge in [0.2, 0.25) is 0 Å². The Morgan fingerprint density at radius 2 is 1.66 bits per heavy atom. The molecule has 0 radical (unpaired) electrons. The molecule has 1 unspecified atom stereocenters. The second-order valence-electron chi connectivity index (χ2n) is 10.9. The standard InChI is InChI=1S/C32H35NO5/c1-19(2)38-26-16-13-22(17-20(26)3)29(34)27-28(21-11-14-23(15-12-21)32(4,5)6)33(31(36)30(27)35)24-9-8-10-25(18-24)37-7/h8-19,28,34H,1-7H3/b29-27-. The summed E-state index contributed by atoms with van der Waals surface area (Å²) >= 11 is 0. The molecule has 6 nitrogen and oxygen atoms in total. The zero-order valence-electron chi connectivity index (χ0n) is 23.0. The highest BCUT2D eigenvalue weighted by atomic mass is 16.5. The summed E-state index contributed by atoms with van der Waals surface area (Å²) in [6.45, 7) is 12.1. The van der Waals surface area contributed by atoms with Crippen molar-refractivity contribution in [1.82, 2.24) is 0 Å². The first-order valence-electron chi connectivity index (χ1n) is 12.8. The number of Topliss-reactive ketones (excluding diaryl/α,β-unsaturated/α-hetero) is 1. The number of nitrogens with zero attached hydrogens (tertiary/aromatic N) is 1. The molecule has 38 heavy (non-hydrogen) atoms. The van der Waals surface area contributed by atoms with Crippen molar-refractivity contribution in [2.24, 2.45) is 0 Å². The Hall–Kier alpha value is -4.06. The van der Waals surface area contributed by atoms with E-state index < -0.39 is 17.7 Å². The van der Waals surface area contributed by atoms with Crippen molar-refractivity contribution in [1.29, 1.82) is 0 Å². The number of benzene rings is 3. The van der Waals surface area contributed by atoms with Gasteiger partial charge in [-0.15, -0.1) is 0 Å². The van der Waals surface area contributed by atoms with E-state index in [-0.39, 0.29) is 22.9 Å². The van der Waals surface area contributed by atoms with Gasteiger partial charge >= 0.3 is 0 Å². The Morgan fingerprint density at radius 1 is 0.974 bits per heavy atom. The van der Waals surface area contributed by atoms with E-state index in [0.29, 0.717) is 22.7 Å². The summed E-state index contributed by atoms with van der Waals surface area (Å²) in [5, 5.41) is 11.5. The van der Waals surface area contributed by atoms with Crippen molar-refractivity contribution in [3.63, 3.8) is 0 Å². The molecule has 0 aromatic heterocycles. The topological polar surface area (TPSA) is 76.1 Å². The zero-order valence-corrected chi connectivity index (χ0v) is 23.0. The summed E-state index contributed by atoms with van der Waals surface area (Å²) in [6.07, 6.45) is -0.00240. The Bertz CT molecular complexity index is 1400. The number of anilines is 1. The molecule has 0 aliphatic carbocycles. The Labute approximate surface area is 224 Å². The molecule has 198 valence electrons. The van der Waals surface area contributed by atoms with Crippen LogP contribution in [0.3, 0.4) is 0 Å². The summed E-state index contributed by atoms with van der Waals surface area (Å²) in [7, 11) is 1.55. The van der Waals surface area contributed by atoms with Gasteiger partial charge in [-0.2, -0.15) is 0 Å². The molecule has 4 rings (SSSR count). The molecule has 1 fully saturated rings. The number of hydrogen-bond donors (Lipinski definition) is 1. The van der Waals surface area contributed by atoms with Crippen LogP contribution in [0.2, 0.25) is 0 Å². The third-order valence-electron chi connectivity index (χ3n) is 6.68. The van der Waals surface area contributed by atoms with E-state index in [9.17, 15) is 14.7 Å². The Kier molecular flexibility index (Phi) is 7.36. The van der Waals surface area contributed by atoms with Gasteiger partial charge in [0.1, 0.15) is 17.3 Å². The van der Waals surface area contributed by atoms with E-state index in [1.54, 1.807) is 49.6 Å². The first kappa shape index (κ1) is 27.0. The monoisotopic (exact) mass is 513 g/mol. The van der Waals surface area contributed by atoms with Crippen molar-refractivity contribution in [3.8, 4) is 11.5 Å². The Morgan fingerprint density at radius 3 is 2.24 bits per heavy atom. The SMILES string of the molecule is COc1cccc(N2C(=O)C(=O)/C(=C(\O)c3ccc(OC(C)C)c(C)c3)C2c2ccc(C(C)(C)C)cc2)c1. The van der Waals surface area contributed by atoms with Crippen LogP contribution in [-0.2, 0) is 15.0 Å². The number of rotatable bonds is 6. The molecule has 1 heterocycles. The molecule has 1 saturated heterocycles. The van der Waals surface area contributed by atoms with Crippen LogP contribution in [0.4, 0.5) is 5.69 Å². The second kappa shape index (κ2) is 10.4. The summed E-state index contributed by atoms with van der Waals surface area (Å²) in [4.78, 5) is 28.4. The Balaban J connectivity index is 1.90. The molecule has 1 amide bonds. The van der Waals surface area contributed by atoms with Crippen molar-refractivity contribution in [2.75, 3.05) is 12.0 Å². The lowest BCUT2D eigenvalue weighted by atomic mass is 9.85. The van der Waals surface area contributed by atoms with Crippen LogP contribution >= 0.6 is 0 Å². The van der Waals surface area contributed by atoms with Crippen LogP contribution in [-0.4, -0.2) is 30.0 Å². The van der Waals surface area contributed by atoms with Gasteiger partial charge in [0, 0.05) is 17.3 Å². The first-order valence-corrected chi connectivity index (χ1v) is 12.8. The van der Waals surface area contributed by atoms with Crippen molar-refractivity contribution >= 4 is 23.1 Å². The molecule has 1 aliphatic heterocycles. The lowest BCUT2D eigenvalue weighted by Gasteiger charge is -2.27.